The van der Waals surface area contributed by atoms with E-state index >= 15 is 0 Å². The van der Waals surface area contributed by atoms with E-state index in [1.165, 1.54) is 0 Å². The highest BCUT2D eigenvalue weighted by atomic mass is 35.5. The number of ether oxygens (including phenoxy) is 1. The summed E-state index contributed by atoms with van der Waals surface area (Å²) in [6.45, 7) is 0. The Labute approximate surface area is 137 Å². The number of methoxy groups -OCH3 is 1. The van der Waals surface area contributed by atoms with Crippen molar-refractivity contribution in [1.29, 1.82) is 0 Å². The maximum absolute atomic E-state index is 12.1. The molecular weight excluding hydrogens is 318 g/mol. The maximum atomic E-state index is 12.1. The molecule has 0 saturated carbocycles. The molecule has 1 aromatic heterocycles. The van der Waals surface area contributed by atoms with E-state index in [-0.39, 0.29) is 11.8 Å². The Kier molecular flexibility index (Phi) is 4.25. The van der Waals surface area contributed by atoms with Crippen molar-refractivity contribution in [2.75, 3.05) is 12.4 Å². The van der Waals surface area contributed by atoms with E-state index in [1.807, 2.05) is 0 Å². The normalized spacial score (nSPS) is 10.3. The van der Waals surface area contributed by atoms with Gasteiger partial charge in [-0.1, -0.05) is 23.7 Å². The van der Waals surface area contributed by atoms with Gasteiger partial charge in [0, 0.05) is 5.69 Å². The molecule has 0 aliphatic heterocycles. The molecule has 7 heteroatoms. The lowest BCUT2D eigenvalue weighted by molar-refractivity contribution is 0.0991. The van der Waals surface area contributed by atoms with Crippen LogP contribution in [0.25, 0.3) is 11.5 Å². The van der Waals surface area contributed by atoms with Gasteiger partial charge in [0.25, 0.3) is 0 Å². The third kappa shape index (κ3) is 3.32. The SMILES string of the molecule is COc1ccc(NC(=O)c2nnc(-c3ccccc3Cl)o2)cc1. The molecule has 23 heavy (non-hydrogen) atoms. The van der Waals surface area contributed by atoms with Gasteiger partial charge in [-0.15, -0.1) is 10.2 Å². The zero-order chi connectivity index (χ0) is 16.2. The van der Waals surface area contributed by atoms with E-state index < -0.39 is 5.91 Å². The Bertz CT molecular complexity index is 831. The summed E-state index contributed by atoms with van der Waals surface area (Å²) in [6.07, 6.45) is 0. The summed E-state index contributed by atoms with van der Waals surface area (Å²) in [6, 6.07) is 13.9. The Morgan fingerprint density at radius 3 is 2.57 bits per heavy atom. The summed E-state index contributed by atoms with van der Waals surface area (Å²) in [4.78, 5) is 12.1. The molecule has 0 bridgehead atoms. The zero-order valence-corrected chi connectivity index (χ0v) is 12.9. The third-order valence-electron chi connectivity index (χ3n) is 3.07. The van der Waals surface area contributed by atoms with Crippen molar-refractivity contribution < 1.29 is 13.9 Å². The zero-order valence-electron chi connectivity index (χ0n) is 12.1. The molecule has 1 N–H and O–H groups in total. The number of hydrogen-bond donors (Lipinski definition) is 1. The van der Waals surface area contributed by atoms with Gasteiger partial charge in [-0.25, -0.2) is 0 Å². The lowest BCUT2D eigenvalue weighted by atomic mass is 10.2. The fourth-order valence-corrected chi connectivity index (χ4v) is 2.13. The molecule has 2 aromatic carbocycles. The van der Waals surface area contributed by atoms with Crippen LogP contribution < -0.4 is 10.1 Å². The molecule has 0 aliphatic carbocycles. The second-order valence-corrected chi connectivity index (χ2v) is 4.98. The van der Waals surface area contributed by atoms with Gasteiger partial charge >= 0.3 is 11.8 Å². The number of benzene rings is 2. The number of nitrogens with one attached hydrogen (secondary N) is 1. The molecule has 0 radical (unpaired) electrons. The quantitative estimate of drug-likeness (QED) is 0.790. The molecule has 3 rings (SSSR count). The second kappa shape index (κ2) is 6.50. The fraction of sp³-hybridized carbons (Fsp3) is 0.0625. The molecule has 3 aromatic rings. The summed E-state index contributed by atoms with van der Waals surface area (Å²) >= 11 is 6.07. The van der Waals surface area contributed by atoms with Crippen molar-refractivity contribution in [2.24, 2.45) is 0 Å². The highest BCUT2D eigenvalue weighted by molar-refractivity contribution is 6.33. The average molecular weight is 330 g/mol. The fourth-order valence-electron chi connectivity index (χ4n) is 1.92. The van der Waals surface area contributed by atoms with Gasteiger partial charge < -0.3 is 14.5 Å². The van der Waals surface area contributed by atoms with Crippen LogP contribution in [0.2, 0.25) is 5.02 Å². The Hall–Kier alpha value is -2.86. The molecule has 0 spiro atoms. The van der Waals surface area contributed by atoms with Crippen LogP contribution in [0.5, 0.6) is 5.75 Å². The van der Waals surface area contributed by atoms with Crippen molar-refractivity contribution in [3.63, 3.8) is 0 Å². The maximum Gasteiger partial charge on any atom is 0.313 e. The van der Waals surface area contributed by atoms with Crippen molar-refractivity contribution in [1.82, 2.24) is 10.2 Å². The summed E-state index contributed by atoms with van der Waals surface area (Å²) in [5, 5.41) is 10.7. The topological polar surface area (TPSA) is 77.2 Å². The van der Waals surface area contributed by atoms with Crippen LogP contribution >= 0.6 is 11.6 Å². The summed E-state index contributed by atoms with van der Waals surface area (Å²) in [5.74, 6) is 0.244. The first-order chi connectivity index (χ1) is 11.2. The molecule has 1 amide bonds. The lowest BCUT2D eigenvalue weighted by Gasteiger charge is -2.03. The number of halogens is 1. The van der Waals surface area contributed by atoms with Crippen LogP contribution in [0.4, 0.5) is 5.69 Å². The third-order valence-corrected chi connectivity index (χ3v) is 3.40. The first-order valence-electron chi connectivity index (χ1n) is 6.71. The Morgan fingerprint density at radius 1 is 1.13 bits per heavy atom. The molecular formula is C16H12ClN3O3. The van der Waals surface area contributed by atoms with Crippen LogP contribution in [-0.4, -0.2) is 23.2 Å². The first-order valence-corrected chi connectivity index (χ1v) is 7.09. The number of aromatic nitrogens is 2. The van der Waals surface area contributed by atoms with E-state index in [4.69, 9.17) is 20.8 Å². The van der Waals surface area contributed by atoms with Gasteiger partial charge in [-0.2, -0.15) is 0 Å². The molecule has 1 heterocycles. The van der Waals surface area contributed by atoms with Crippen molar-refractivity contribution in [2.45, 2.75) is 0 Å². The summed E-state index contributed by atoms with van der Waals surface area (Å²) in [5.41, 5.74) is 1.17. The predicted octanol–water partition coefficient (Wildman–Crippen LogP) is 3.65. The van der Waals surface area contributed by atoms with Crippen LogP contribution in [0.3, 0.4) is 0 Å². The monoisotopic (exact) mass is 329 g/mol. The Morgan fingerprint density at radius 2 is 1.87 bits per heavy atom. The van der Waals surface area contributed by atoms with Gasteiger partial charge in [0.15, 0.2) is 0 Å². The molecule has 6 nitrogen and oxygen atoms in total. The van der Waals surface area contributed by atoms with Gasteiger partial charge in [0.1, 0.15) is 5.75 Å². The number of carbonyl (C=O) groups is 1. The van der Waals surface area contributed by atoms with E-state index in [0.29, 0.717) is 22.0 Å². The van der Waals surface area contributed by atoms with Crippen LogP contribution in [0.1, 0.15) is 10.7 Å². The summed E-state index contributed by atoms with van der Waals surface area (Å²) in [7, 11) is 1.57. The number of carbonyl (C=O) groups excluding carboxylic acids is 1. The molecule has 0 unspecified atom stereocenters. The number of anilines is 1. The minimum Gasteiger partial charge on any atom is -0.497 e. The van der Waals surface area contributed by atoms with Gasteiger partial charge in [-0.3, -0.25) is 4.79 Å². The minimum atomic E-state index is -0.499. The smallest absolute Gasteiger partial charge is 0.313 e. The molecule has 0 saturated heterocycles. The molecule has 0 aliphatic rings. The molecule has 0 atom stereocenters. The van der Waals surface area contributed by atoms with Gasteiger partial charge in [-0.05, 0) is 36.4 Å². The van der Waals surface area contributed by atoms with E-state index in [2.05, 4.69) is 15.5 Å². The minimum absolute atomic E-state index is 0.143. The van der Waals surface area contributed by atoms with Crippen molar-refractivity contribution >= 4 is 23.2 Å². The summed E-state index contributed by atoms with van der Waals surface area (Å²) < 4.78 is 10.4. The van der Waals surface area contributed by atoms with E-state index in [0.717, 1.165) is 0 Å². The van der Waals surface area contributed by atoms with Gasteiger partial charge in [0.2, 0.25) is 5.89 Å². The van der Waals surface area contributed by atoms with E-state index in [1.54, 1.807) is 55.6 Å². The standard InChI is InChI=1S/C16H12ClN3O3/c1-22-11-8-6-10(7-9-11)18-14(21)16-20-19-15(23-16)12-4-2-3-5-13(12)17/h2-9H,1H3,(H,18,21). The van der Waals surface area contributed by atoms with Gasteiger partial charge in [0.05, 0.1) is 17.7 Å². The molecule has 116 valence electrons. The number of amides is 1. The van der Waals surface area contributed by atoms with Crippen LogP contribution in [0, 0.1) is 0 Å². The first kappa shape index (κ1) is 15.1. The van der Waals surface area contributed by atoms with Crippen LogP contribution in [-0.2, 0) is 0 Å². The Balaban J connectivity index is 1.77. The highest BCUT2D eigenvalue weighted by Gasteiger charge is 2.17. The average Bonchev–Trinajstić information content (AvgIpc) is 3.06. The largest absolute Gasteiger partial charge is 0.497 e. The highest BCUT2D eigenvalue weighted by Crippen LogP contribution is 2.26. The number of hydrogen-bond acceptors (Lipinski definition) is 5. The number of nitrogens with zero attached hydrogens (tertiary/aromatic N) is 2. The van der Waals surface area contributed by atoms with E-state index in [9.17, 15) is 4.79 Å². The van der Waals surface area contributed by atoms with Crippen molar-refractivity contribution in [3.05, 3.63) is 59.4 Å². The molecule has 0 fully saturated rings. The number of rotatable bonds is 4. The van der Waals surface area contributed by atoms with Crippen molar-refractivity contribution in [3.8, 4) is 17.2 Å². The predicted molar refractivity (Wildman–Crippen MR) is 85.7 cm³/mol. The lowest BCUT2D eigenvalue weighted by Crippen LogP contribution is -2.12. The second-order valence-electron chi connectivity index (χ2n) is 4.57. The van der Waals surface area contributed by atoms with Crippen LogP contribution in [0.15, 0.2) is 52.9 Å².